The zero-order valence-electron chi connectivity index (χ0n) is 22.0. The van der Waals surface area contributed by atoms with E-state index in [0.29, 0.717) is 59.7 Å². The normalized spacial score (nSPS) is 16.9. The molecule has 1 saturated carbocycles. The van der Waals surface area contributed by atoms with Crippen molar-refractivity contribution in [2.24, 2.45) is 5.92 Å². The summed E-state index contributed by atoms with van der Waals surface area (Å²) in [6, 6.07) is 13.4. The predicted molar refractivity (Wildman–Crippen MR) is 143 cm³/mol. The highest BCUT2D eigenvalue weighted by atomic mass is 19.4. The number of ether oxygens (including phenoxy) is 1. The van der Waals surface area contributed by atoms with E-state index in [4.69, 9.17) is 14.4 Å². The second kappa shape index (κ2) is 10.9. The van der Waals surface area contributed by atoms with Crippen molar-refractivity contribution in [2.75, 3.05) is 11.9 Å². The van der Waals surface area contributed by atoms with Crippen LogP contribution >= 0.6 is 0 Å². The van der Waals surface area contributed by atoms with Gasteiger partial charge in [-0.15, -0.1) is 0 Å². The predicted octanol–water partition coefficient (Wildman–Crippen LogP) is 5.31. The first-order chi connectivity index (χ1) is 19.7. The van der Waals surface area contributed by atoms with E-state index < -0.39 is 18.7 Å². The average molecular weight is 568 g/mol. The molecule has 4 aromatic rings. The molecular weight excluding hydrogens is 539 g/mol. The van der Waals surface area contributed by atoms with Crippen molar-refractivity contribution < 1.29 is 32.0 Å². The Kier molecular flexibility index (Phi) is 7.14. The van der Waals surface area contributed by atoms with Crippen molar-refractivity contribution in [1.29, 1.82) is 0 Å². The summed E-state index contributed by atoms with van der Waals surface area (Å²) in [5.74, 6) is 0.293. The Balaban J connectivity index is 1.18. The minimum atomic E-state index is -4.41. The van der Waals surface area contributed by atoms with Crippen LogP contribution in [0.25, 0.3) is 10.9 Å². The van der Waals surface area contributed by atoms with Gasteiger partial charge in [0.2, 0.25) is 5.76 Å². The van der Waals surface area contributed by atoms with Gasteiger partial charge < -0.3 is 19.9 Å². The molecule has 2 N–H and O–H groups in total. The van der Waals surface area contributed by atoms with Gasteiger partial charge in [-0.25, -0.2) is 4.68 Å². The minimum Gasteiger partial charge on any atom is -0.484 e. The molecule has 1 aliphatic carbocycles. The molecule has 0 bridgehead atoms. The lowest BCUT2D eigenvalue weighted by atomic mass is 9.96. The lowest BCUT2D eigenvalue weighted by Crippen LogP contribution is -2.41. The number of anilines is 1. The van der Waals surface area contributed by atoms with Crippen LogP contribution in [0.1, 0.15) is 57.9 Å². The molecule has 0 unspecified atom stereocenters. The van der Waals surface area contributed by atoms with Crippen molar-refractivity contribution in [2.45, 2.75) is 57.3 Å². The van der Waals surface area contributed by atoms with Gasteiger partial charge in [0.1, 0.15) is 22.6 Å². The summed E-state index contributed by atoms with van der Waals surface area (Å²) < 4.78 is 49.4. The number of carbonyl (C=O) groups excluding carboxylic acids is 2. The van der Waals surface area contributed by atoms with E-state index in [1.54, 1.807) is 41.1 Å². The summed E-state index contributed by atoms with van der Waals surface area (Å²) in [6.07, 6.45) is 0.337. The number of rotatable bonds is 10. The van der Waals surface area contributed by atoms with Crippen molar-refractivity contribution >= 4 is 28.5 Å². The maximum absolute atomic E-state index is 13.3. The monoisotopic (exact) mass is 567 g/mol. The summed E-state index contributed by atoms with van der Waals surface area (Å²) in [6.45, 7) is -0.792. The molecule has 1 fully saturated rings. The molecule has 6 rings (SSSR count). The lowest BCUT2D eigenvalue weighted by Gasteiger charge is -2.23. The van der Waals surface area contributed by atoms with Crippen molar-refractivity contribution in [1.82, 2.24) is 20.3 Å². The molecule has 9 nitrogen and oxygen atoms in total. The molecule has 214 valence electrons. The first-order valence-electron chi connectivity index (χ1n) is 13.6. The van der Waals surface area contributed by atoms with Gasteiger partial charge in [0.15, 0.2) is 6.61 Å². The lowest BCUT2D eigenvalue weighted by molar-refractivity contribution is -0.153. The SMILES string of the molecule is O=C1N[C@@H](CCc2cccc(OCC(F)(F)F)c2)Cc2nn(CCC3CC3)c(NC(=O)c3onc4ccccc34)c21. The number of halogens is 3. The van der Waals surface area contributed by atoms with E-state index in [0.717, 1.165) is 24.8 Å². The highest BCUT2D eigenvalue weighted by molar-refractivity contribution is 6.12. The molecule has 2 aromatic heterocycles. The van der Waals surface area contributed by atoms with E-state index >= 15 is 0 Å². The largest absolute Gasteiger partial charge is 0.484 e. The number of amides is 2. The maximum atomic E-state index is 13.3. The smallest absolute Gasteiger partial charge is 0.422 e. The van der Waals surface area contributed by atoms with Gasteiger partial charge in [-0.1, -0.05) is 42.3 Å². The van der Waals surface area contributed by atoms with Crippen LogP contribution in [0.15, 0.2) is 53.1 Å². The number of alkyl halides is 3. The van der Waals surface area contributed by atoms with Crippen LogP contribution in [0.4, 0.5) is 19.0 Å². The van der Waals surface area contributed by atoms with E-state index in [2.05, 4.69) is 15.8 Å². The third kappa shape index (κ3) is 6.21. The molecule has 12 heteroatoms. The van der Waals surface area contributed by atoms with E-state index in [9.17, 15) is 22.8 Å². The quantitative estimate of drug-likeness (QED) is 0.269. The van der Waals surface area contributed by atoms with Crippen molar-refractivity contribution in [3.05, 3.63) is 71.1 Å². The summed E-state index contributed by atoms with van der Waals surface area (Å²) in [7, 11) is 0. The van der Waals surface area contributed by atoms with Gasteiger partial charge in [0, 0.05) is 19.0 Å². The number of hydrogen-bond donors (Lipinski definition) is 2. The highest BCUT2D eigenvalue weighted by Gasteiger charge is 2.34. The Bertz CT molecular complexity index is 1590. The third-order valence-corrected chi connectivity index (χ3v) is 7.38. The third-order valence-electron chi connectivity index (χ3n) is 7.38. The van der Waals surface area contributed by atoms with Crippen molar-refractivity contribution in [3.8, 4) is 5.75 Å². The van der Waals surface area contributed by atoms with Gasteiger partial charge >= 0.3 is 6.18 Å². The van der Waals surface area contributed by atoms with E-state index in [-0.39, 0.29) is 23.5 Å². The van der Waals surface area contributed by atoms with Gasteiger partial charge in [0.05, 0.1) is 11.1 Å². The number of nitrogens with zero attached hydrogens (tertiary/aromatic N) is 3. The molecule has 3 heterocycles. The molecule has 0 saturated heterocycles. The molecule has 0 spiro atoms. The van der Waals surface area contributed by atoms with Crippen LogP contribution < -0.4 is 15.4 Å². The number of nitrogens with one attached hydrogen (secondary N) is 2. The molecule has 41 heavy (non-hydrogen) atoms. The van der Waals surface area contributed by atoms with Gasteiger partial charge in [0.25, 0.3) is 11.8 Å². The molecule has 1 atom stereocenters. The van der Waals surface area contributed by atoms with Crippen LogP contribution in [0.3, 0.4) is 0 Å². The van der Waals surface area contributed by atoms with Crippen LogP contribution in [0.2, 0.25) is 0 Å². The molecular formula is C29H28F3N5O4. The van der Waals surface area contributed by atoms with Gasteiger partial charge in [-0.05, 0) is 55.0 Å². The van der Waals surface area contributed by atoms with Crippen LogP contribution in [-0.2, 0) is 19.4 Å². The number of aromatic nitrogens is 3. The molecule has 0 radical (unpaired) electrons. The maximum Gasteiger partial charge on any atom is 0.422 e. The topological polar surface area (TPSA) is 111 Å². The second-order valence-corrected chi connectivity index (χ2v) is 10.6. The number of aryl methyl sites for hydroxylation is 2. The first-order valence-corrected chi connectivity index (χ1v) is 13.6. The van der Waals surface area contributed by atoms with Crippen LogP contribution in [0, 0.1) is 5.92 Å². The fourth-order valence-electron chi connectivity index (χ4n) is 5.12. The van der Waals surface area contributed by atoms with E-state index in [1.165, 1.54) is 6.07 Å². The second-order valence-electron chi connectivity index (χ2n) is 10.6. The van der Waals surface area contributed by atoms with Crippen LogP contribution in [0.5, 0.6) is 5.75 Å². The summed E-state index contributed by atoms with van der Waals surface area (Å²) in [5, 5.41) is 15.1. The summed E-state index contributed by atoms with van der Waals surface area (Å²) in [5.41, 5.74) is 2.28. The number of benzene rings is 2. The molecule has 2 amide bonds. The zero-order valence-corrected chi connectivity index (χ0v) is 22.0. The summed E-state index contributed by atoms with van der Waals surface area (Å²) >= 11 is 0. The molecule has 2 aromatic carbocycles. The Morgan fingerprint density at radius 1 is 1.15 bits per heavy atom. The van der Waals surface area contributed by atoms with Crippen molar-refractivity contribution in [3.63, 3.8) is 0 Å². The standard InChI is InChI=1S/C29H28F3N5O4/c30-29(31,32)16-40-20-5-3-4-18(14-20)10-11-19-15-23-24(27(38)33-19)26(37(35-23)13-12-17-8-9-17)34-28(39)25-21-6-1-2-7-22(21)36-41-25/h1-7,14,17,19H,8-13,15-16H2,(H,33,38)(H,34,39)/t19-/m0/s1. The zero-order chi connectivity index (χ0) is 28.6. The van der Waals surface area contributed by atoms with Gasteiger partial charge in [-0.2, -0.15) is 18.3 Å². The first kappa shape index (κ1) is 26.9. The Hall–Kier alpha value is -4.35. The Morgan fingerprint density at radius 3 is 2.78 bits per heavy atom. The highest BCUT2D eigenvalue weighted by Crippen LogP contribution is 2.34. The van der Waals surface area contributed by atoms with Gasteiger partial charge in [-0.3, -0.25) is 9.59 Å². The number of hydrogen-bond acceptors (Lipinski definition) is 6. The Labute approximate surface area is 233 Å². The molecule has 2 aliphatic rings. The Morgan fingerprint density at radius 2 is 1.98 bits per heavy atom. The van der Waals surface area contributed by atoms with E-state index in [1.807, 2.05) is 6.07 Å². The average Bonchev–Trinajstić information content (AvgIpc) is 3.57. The summed E-state index contributed by atoms with van der Waals surface area (Å²) in [4.78, 5) is 26.6. The minimum absolute atomic E-state index is 0.0554. The fraction of sp³-hybridized carbons (Fsp3) is 0.379. The van der Waals surface area contributed by atoms with Crippen LogP contribution in [-0.4, -0.2) is 45.6 Å². The molecule has 1 aliphatic heterocycles. The number of carbonyl (C=O) groups is 2. The fourth-order valence-corrected chi connectivity index (χ4v) is 5.12. The number of fused-ring (bicyclic) bond motifs is 2.